The van der Waals surface area contributed by atoms with Crippen molar-refractivity contribution >= 4 is 33.4 Å². The van der Waals surface area contributed by atoms with Gasteiger partial charge in [0.2, 0.25) is 0 Å². The van der Waals surface area contributed by atoms with Crippen molar-refractivity contribution < 1.29 is 0 Å². The average molecular weight is 348 g/mol. The van der Waals surface area contributed by atoms with Crippen LogP contribution in [0, 0.1) is 0 Å². The number of benzene rings is 2. The monoisotopic (exact) mass is 347 g/mol. The van der Waals surface area contributed by atoms with Crippen LogP contribution in [0.5, 0.6) is 0 Å². The lowest BCUT2D eigenvalue weighted by Gasteiger charge is -2.27. The van der Waals surface area contributed by atoms with Crippen molar-refractivity contribution in [2.45, 2.75) is 30.2 Å². The summed E-state index contributed by atoms with van der Waals surface area (Å²) in [5.41, 5.74) is 4.25. The van der Waals surface area contributed by atoms with Gasteiger partial charge in [0.15, 0.2) is 0 Å². The highest BCUT2D eigenvalue weighted by Crippen LogP contribution is 2.29. The third-order valence-electron chi connectivity index (χ3n) is 3.86. The van der Waals surface area contributed by atoms with Gasteiger partial charge in [-0.2, -0.15) is 0 Å². The van der Waals surface area contributed by atoms with Gasteiger partial charge in [0, 0.05) is 21.1 Å². The topological polar surface area (TPSA) is 12.0 Å². The van der Waals surface area contributed by atoms with Crippen LogP contribution in [0.4, 0.5) is 5.69 Å². The zero-order valence-electron chi connectivity index (χ0n) is 11.5. The maximum absolute atomic E-state index is 3.72. The first-order valence-electron chi connectivity index (χ1n) is 6.93. The first kappa shape index (κ1) is 14.0. The summed E-state index contributed by atoms with van der Waals surface area (Å²) in [5, 5.41) is 3.72. The van der Waals surface area contributed by atoms with Crippen molar-refractivity contribution in [1.82, 2.24) is 0 Å². The van der Waals surface area contributed by atoms with Crippen molar-refractivity contribution in [3.63, 3.8) is 0 Å². The Morgan fingerprint density at radius 1 is 1.15 bits per heavy atom. The Kier molecular flexibility index (Phi) is 4.37. The van der Waals surface area contributed by atoms with Crippen molar-refractivity contribution in [2.24, 2.45) is 0 Å². The molecule has 0 spiro atoms. The van der Waals surface area contributed by atoms with Gasteiger partial charge < -0.3 is 5.32 Å². The lowest BCUT2D eigenvalue weighted by atomic mass is 9.88. The highest BCUT2D eigenvalue weighted by atomic mass is 79.9. The van der Waals surface area contributed by atoms with Gasteiger partial charge in [-0.05, 0) is 60.9 Å². The lowest BCUT2D eigenvalue weighted by molar-refractivity contribution is 0.609. The first-order valence-corrected chi connectivity index (χ1v) is 8.95. The van der Waals surface area contributed by atoms with Crippen molar-refractivity contribution in [3.8, 4) is 0 Å². The number of halogens is 1. The van der Waals surface area contributed by atoms with Gasteiger partial charge in [0.25, 0.3) is 0 Å². The maximum Gasteiger partial charge on any atom is 0.0480 e. The van der Waals surface area contributed by atoms with Gasteiger partial charge in [0.1, 0.15) is 0 Å². The standard InChI is InChI=1S/C17H18BrNS/c1-20-17-5-3-2-4-16(17)19-15-9-7-12-10-14(18)8-6-13(12)11-15/h2-6,8,10,15,19H,7,9,11H2,1H3. The number of aryl methyl sites for hydroxylation is 1. The normalized spacial score (nSPS) is 17.6. The Balaban J connectivity index is 1.76. The molecule has 0 bridgehead atoms. The molecule has 2 aromatic carbocycles. The second-order valence-electron chi connectivity index (χ2n) is 5.20. The number of hydrogen-bond donors (Lipinski definition) is 1. The van der Waals surface area contributed by atoms with Crippen LogP contribution in [-0.4, -0.2) is 12.3 Å². The summed E-state index contributed by atoms with van der Waals surface area (Å²) in [4.78, 5) is 1.33. The molecular formula is C17H18BrNS. The number of nitrogens with one attached hydrogen (secondary N) is 1. The van der Waals surface area contributed by atoms with E-state index in [2.05, 4.69) is 70.0 Å². The van der Waals surface area contributed by atoms with E-state index in [0.717, 1.165) is 12.8 Å². The Bertz CT molecular complexity index is 612. The van der Waals surface area contributed by atoms with Crippen molar-refractivity contribution in [2.75, 3.05) is 11.6 Å². The van der Waals surface area contributed by atoms with Gasteiger partial charge in [-0.3, -0.25) is 0 Å². The van der Waals surface area contributed by atoms with E-state index in [0.29, 0.717) is 6.04 Å². The molecule has 1 unspecified atom stereocenters. The van der Waals surface area contributed by atoms with E-state index in [4.69, 9.17) is 0 Å². The van der Waals surface area contributed by atoms with E-state index < -0.39 is 0 Å². The second-order valence-corrected chi connectivity index (χ2v) is 6.96. The van der Waals surface area contributed by atoms with Gasteiger partial charge >= 0.3 is 0 Å². The van der Waals surface area contributed by atoms with E-state index >= 15 is 0 Å². The molecule has 104 valence electrons. The fourth-order valence-corrected chi connectivity index (χ4v) is 3.80. The van der Waals surface area contributed by atoms with Crippen LogP contribution >= 0.6 is 27.7 Å². The molecule has 0 amide bonds. The largest absolute Gasteiger partial charge is 0.381 e. The molecular weight excluding hydrogens is 330 g/mol. The van der Waals surface area contributed by atoms with Crippen LogP contribution in [0.2, 0.25) is 0 Å². The molecule has 2 aromatic rings. The minimum absolute atomic E-state index is 0.539. The maximum atomic E-state index is 3.72. The van der Waals surface area contributed by atoms with Crippen LogP contribution < -0.4 is 5.32 Å². The molecule has 20 heavy (non-hydrogen) atoms. The number of thioether (sulfide) groups is 1. The van der Waals surface area contributed by atoms with Gasteiger partial charge in [-0.1, -0.05) is 34.1 Å². The molecule has 1 atom stereocenters. The number of hydrogen-bond acceptors (Lipinski definition) is 2. The van der Waals surface area contributed by atoms with E-state index in [1.54, 1.807) is 11.8 Å². The quantitative estimate of drug-likeness (QED) is 0.771. The summed E-state index contributed by atoms with van der Waals surface area (Å²) in [6.07, 6.45) is 5.61. The highest BCUT2D eigenvalue weighted by molar-refractivity contribution is 9.10. The van der Waals surface area contributed by atoms with Gasteiger partial charge in [0.05, 0.1) is 0 Å². The summed E-state index contributed by atoms with van der Waals surface area (Å²) in [7, 11) is 0. The average Bonchev–Trinajstić information content (AvgIpc) is 2.48. The molecule has 1 aliphatic rings. The molecule has 0 saturated carbocycles. The van der Waals surface area contributed by atoms with Gasteiger partial charge in [-0.25, -0.2) is 0 Å². The molecule has 3 rings (SSSR count). The third-order valence-corrected chi connectivity index (χ3v) is 5.15. The number of rotatable bonds is 3. The molecule has 0 aromatic heterocycles. The lowest BCUT2D eigenvalue weighted by Crippen LogP contribution is -2.27. The van der Waals surface area contributed by atoms with E-state index in [9.17, 15) is 0 Å². The first-order chi connectivity index (χ1) is 9.76. The fraction of sp³-hybridized carbons (Fsp3) is 0.294. The van der Waals surface area contributed by atoms with Crippen molar-refractivity contribution in [1.29, 1.82) is 0 Å². The SMILES string of the molecule is CSc1ccccc1NC1CCc2cc(Br)ccc2C1. The van der Waals surface area contributed by atoms with Crippen LogP contribution in [0.3, 0.4) is 0 Å². The van der Waals surface area contributed by atoms with Crippen LogP contribution in [0.1, 0.15) is 17.5 Å². The summed E-state index contributed by atoms with van der Waals surface area (Å²) < 4.78 is 1.19. The van der Waals surface area contributed by atoms with E-state index in [1.165, 1.54) is 32.6 Å². The Labute approximate surface area is 133 Å². The van der Waals surface area contributed by atoms with Crippen LogP contribution in [0.25, 0.3) is 0 Å². The molecule has 3 heteroatoms. The molecule has 0 saturated heterocycles. The Morgan fingerprint density at radius 3 is 2.85 bits per heavy atom. The molecule has 0 radical (unpaired) electrons. The minimum atomic E-state index is 0.539. The zero-order valence-corrected chi connectivity index (χ0v) is 13.9. The molecule has 0 heterocycles. The Morgan fingerprint density at radius 2 is 2.00 bits per heavy atom. The van der Waals surface area contributed by atoms with E-state index in [-0.39, 0.29) is 0 Å². The third kappa shape index (κ3) is 3.04. The van der Waals surface area contributed by atoms with E-state index in [1.807, 2.05) is 0 Å². The molecule has 1 nitrogen and oxygen atoms in total. The second kappa shape index (κ2) is 6.23. The number of anilines is 1. The molecule has 0 fully saturated rings. The zero-order chi connectivity index (χ0) is 13.9. The van der Waals surface area contributed by atoms with Crippen molar-refractivity contribution in [3.05, 3.63) is 58.1 Å². The summed E-state index contributed by atoms with van der Waals surface area (Å²) >= 11 is 5.36. The predicted octanol–water partition coefficient (Wildman–Crippen LogP) is 5.14. The van der Waals surface area contributed by atoms with Gasteiger partial charge in [-0.15, -0.1) is 11.8 Å². The molecule has 1 aliphatic carbocycles. The summed E-state index contributed by atoms with van der Waals surface area (Å²) in [6.45, 7) is 0. The summed E-state index contributed by atoms with van der Waals surface area (Å²) in [6, 6.07) is 15.8. The highest BCUT2D eigenvalue weighted by Gasteiger charge is 2.19. The predicted molar refractivity (Wildman–Crippen MR) is 91.8 cm³/mol. The minimum Gasteiger partial charge on any atom is -0.381 e. The smallest absolute Gasteiger partial charge is 0.0480 e. The number of fused-ring (bicyclic) bond motifs is 1. The summed E-state index contributed by atoms with van der Waals surface area (Å²) in [5.74, 6) is 0. The van der Waals surface area contributed by atoms with Crippen LogP contribution in [-0.2, 0) is 12.8 Å². The number of para-hydroxylation sites is 1. The van der Waals surface area contributed by atoms with Crippen LogP contribution in [0.15, 0.2) is 51.8 Å². The molecule has 1 N–H and O–H groups in total. The molecule has 0 aliphatic heterocycles. The fourth-order valence-electron chi connectivity index (χ4n) is 2.83. The Hall–Kier alpha value is -0.930.